The maximum absolute atomic E-state index is 11.6. The Hall–Kier alpha value is -1.14. The molecule has 0 bridgehead atoms. The topological polar surface area (TPSA) is 52.1 Å². The Balaban J connectivity index is 2.02. The molecular weight excluding hydrogens is 292 g/mol. The molecule has 1 aliphatic carbocycles. The Morgan fingerprint density at radius 1 is 1.40 bits per heavy atom. The lowest BCUT2D eigenvalue weighted by Crippen LogP contribution is -2.14. The van der Waals surface area contributed by atoms with Crippen LogP contribution in [0, 0.1) is 0 Å². The van der Waals surface area contributed by atoms with Gasteiger partial charge in [-0.1, -0.05) is 11.8 Å². The molecule has 0 saturated carbocycles. The first-order valence-electron chi connectivity index (χ1n) is 6.70. The van der Waals surface area contributed by atoms with Crippen molar-refractivity contribution < 1.29 is 9.53 Å². The van der Waals surface area contributed by atoms with Crippen molar-refractivity contribution in [3.63, 3.8) is 0 Å². The minimum absolute atomic E-state index is 0.217. The average Bonchev–Trinajstić information content (AvgIpc) is 2.85. The molecule has 0 fully saturated rings. The highest BCUT2D eigenvalue weighted by molar-refractivity contribution is 8.00. The molecule has 0 aromatic carbocycles. The van der Waals surface area contributed by atoms with E-state index in [9.17, 15) is 4.79 Å². The number of ether oxygens (including phenoxy) is 1. The van der Waals surface area contributed by atoms with Gasteiger partial charge in [-0.05, 0) is 38.2 Å². The fourth-order valence-electron chi connectivity index (χ4n) is 2.53. The van der Waals surface area contributed by atoms with Gasteiger partial charge in [0.2, 0.25) is 0 Å². The normalized spacial score (nSPS) is 15.9. The Bertz CT molecular complexity index is 654. The summed E-state index contributed by atoms with van der Waals surface area (Å²) in [5.74, 6) is -0.217. The highest BCUT2D eigenvalue weighted by atomic mass is 32.2. The van der Waals surface area contributed by atoms with Crippen molar-refractivity contribution in [2.75, 3.05) is 7.11 Å². The molecule has 2 heterocycles. The van der Waals surface area contributed by atoms with Crippen molar-refractivity contribution in [3.05, 3.63) is 16.8 Å². The van der Waals surface area contributed by atoms with Crippen molar-refractivity contribution >= 4 is 39.3 Å². The van der Waals surface area contributed by atoms with Gasteiger partial charge in [0.1, 0.15) is 21.4 Å². The number of carbonyl (C=O) groups is 1. The van der Waals surface area contributed by atoms with E-state index in [0.717, 1.165) is 28.1 Å². The van der Waals surface area contributed by atoms with Crippen molar-refractivity contribution in [1.82, 2.24) is 9.97 Å². The number of thiophene rings is 1. The molecule has 4 nitrogen and oxygen atoms in total. The van der Waals surface area contributed by atoms with Gasteiger partial charge in [0.15, 0.2) is 0 Å². The first kappa shape index (κ1) is 13.8. The van der Waals surface area contributed by atoms with Gasteiger partial charge in [-0.2, -0.15) is 0 Å². The molecule has 0 radical (unpaired) electrons. The Kier molecular flexibility index (Phi) is 3.94. The van der Waals surface area contributed by atoms with Crippen LogP contribution in [-0.4, -0.2) is 28.3 Å². The molecule has 6 heteroatoms. The second kappa shape index (κ2) is 5.69. The van der Waals surface area contributed by atoms with Crippen LogP contribution < -0.4 is 0 Å². The average molecular weight is 308 g/mol. The summed E-state index contributed by atoms with van der Waals surface area (Å²) in [6.45, 7) is 1.85. The number of methoxy groups -OCH3 is 1. The number of thioether (sulfide) groups is 1. The summed E-state index contributed by atoms with van der Waals surface area (Å²) < 4.78 is 4.79. The lowest BCUT2D eigenvalue weighted by molar-refractivity contribution is -0.139. The number of esters is 1. The van der Waals surface area contributed by atoms with Crippen molar-refractivity contribution in [3.8, 4) is 0 Å². The first-order valence-corrected chi connectivity index (χ1v) is 8.40. The fourth-order valence-corrected chi connectivity index (χ4v) is 4.80. The maximum atomic E-state index is 11.6. The van der Waals surface area contributed by atoms with Crippen LogP contribution in [0.3, 0.4) is 0 Å². The maximum Gasteiger partial charge on any atom is 0.318 e. The van der Waals surface area contributed by atoms with E-state index < -0.39 is 0 Å². The van der Waals surface area contributed by atoms with E-state index in [1.54, 1.807) is 17.7 Å². The zero-order valence-electron chi connectivity index (χ0n) is 11.5. The summed E-state index contributed by atoms with van der Waals surface area (Å²) in [6.07, 6.45) is 6.32. The summed E-state index contributed by atoms with van der Waals surface area (Å²) in [6, 6.07) is 0. The number of hydrogen-bond acceptors (Lipinski definition) is 6. The summed E-state index contributed by atoms with van der Waals surface area (Å²) in [5, 5.41) is 1.82. The Labute approximate surface area is 126 Å². The molecule has 0 unspecified atom stereocenters. The van der Waals surface area contributed by atoms with Crippen LogP contribution in [-0.2, 0) is 22.4 Å². The van der Waals surface area contributed by atoms with E-state index in [-0.39, 0.29) is 11.2 Å². The van der Waals surface area contributed by atoms with E-state index in [2.05, 4.69) is 9.97 Å². The van der Waals surface area contributed by atoms with Crippen LogP contribution >= 0.6 is 23.1 Å². The molecule has 0 saturated heterocycles. The number of fused-ring (bicyclic) bond motifs is 3. The molecule has 0 N–H and O–H groups in total. The van der Waals surface area contributed by atoms with Crippen LogP contribution in [0.2, 0.25) is 0 Å². The summed E-state index contributed by atoms with van der Waals surface area (Å²) in [7, 11) is 1.42. The van der Waals surface area contributed by atoms with Crippen LogP contribution in [0.1, 0.15) is 30.2 Å². The Morgan fingerprint density at radius 3 is 3.00 bits per heavy atom. The van der Waals surface area contributed by atoms with Gasteiger partial charge < -0.3 is 4.74 Å². The SMILES string of the molecule is COC(=O)[C@@H](C)Sc1ncnc2sc3c(c12)CCCC3. The number of aromatic nitrogens is 2. The number of nitrogens with zero attached hydrogens (tertiary/aromatic N) is 2. The molecule has 0 spiro atoms. The quantitative estimate of drug-likeness (QED) is 0.495. The molecule has 1 aliphatic rings. The van der Waals surface area contributed by atoms with Crippen LogP contribution in [0.4, 0.5) is 0 Å². The zero-order chi connectivity index (χ0) is 14.1. The summed E-state index contributed by atoms with van der Waals surface area (Å²) in [5.41, 5.74) is 1.40. The van der Waals surface area contributed by atoms with E-state index >= 15 is 0 Å². The molecule has 0 amide bonds. The van der Waals surface area contributed by atoms with Gasteiger partial charge in [0.25, 0.3) is 0 Å². The third-order valence-electron chi connectivity index (χ3n) is 3.54. The van der Waals surface area contributed by atoms with E-state index in [4.69, 9.17) is 4.74 Å². The third kappa shape index (κ3) is 2.42. The van der Waals surface area contributed by atoms with Gasteiger partial charge in [-0.25, -0.2) is 9.97 Å². The van der Waals surface area contributed by atoms with Crippen molar-refractivity contribution in [2.45, 2.75) is 42.9 Å². The second-order valence-electron chi connectivity index (χ2n) is 4.85. The molecule has 2 aromatic rings. The minimum Gasteiger partial charge on any atom is -0.468 e. The largest absolute Gasteiger partial charge is 0.468 e. The standard InChI is InChI=1S/C14H16N2O2S2/c1-8(14(17)18-2)19-12-11-9-5-3-4-6-10(9)20-13(11)16-7-15-12/h7-8H,3-6H2,1-2H3/t8-/m1/s1. The van der Waals surface area contributed by atoms with Gasteiger partial charge in [-0.3, -0.25) is 4.79 Å². The number of rotatable bonds is 3. The Morgan fingerprint density at radius 2 is 2.20 bits per heavy atom. The van der Waals surface area contributed by atoms with Crippen molar-refractivity contribution in [2.24, 2.45) is 0 Å². The number of aryl methyl sites for hydroxylation is 2. The fraction of sp³-hybridized carbons (Fsp3) is 0.500. The minimum atomic E-state index is -0.253. The molecule has 20 heavy (non-hydrogen) atoms. The molecule has 106 valence electrons. The molecule has 0 aliphatic heterocycles. The van der Waals surface area contributed by atoms with E-state index in [0.29, 0.717) is 0 Å². The first-order chi connectivity index (χ1) is 9.70. The molecule has 3 rings (SSSR count). The third-order valence-corrected chi connectivity index (χ3v) is 5.82. The van der Waals surface area contributed by atoms with Gasteiger partial charge in [0, 0.05) is 10.3 Å². The molecular formula is C14H16N2O2S2. The summed E-state index contributed by atoms with van der Waals surface area (Å²) >= 11 is 3.24. The highest BCUT2D eigenvalue weighted by Crippen LogP contribution is 2.40. The van der Waals surface area contributed by atoms with Gasteiger partial charge in [0.05, 0.1) is 7.11 Å². The lowest BCUT2D eigenvalue weighted by atomic mass is 9.97. The molecule has 1 atom stereocenters. The van der Waals surface area contributed by atoms with Crippen LogP contribution in [0.15, 0.2) is 11.4 Å². The monoisotopic (exact) mass is 308 g/mol. The van der Waals surface area contributed by atoms with Crippen molar-refractivity contribution in [1.29, 1.82) is 0 Å². The smallest absolute Gasteiger partial charge is 0.318 e. The van der Waals surface area contributed by atoms with Crippen LogP contribution in [0.5, 0.6) is 0 Å². The molecule has 2 aromatic heterocycles. The highest BCUT2D eigenvalue weighted by Gasteiger charge is 2.23. The predicted octanol–water partition coefficient (Wildman–Crippen LogP) is 3.22. The summed E-state index contributed by atoms with van der Waals surface area (Å²) in [4.78, 5) is 22.9. The van der Waals surface area contributed by atoms with Gasteiger partial charge in [-0.15, -0.1) is 11.3 Å². The predicted molar refractivity (Wildman–Crippen MR) is 81.4 cm³/mol. The number of carbonyl (C=O) groups excluding carboxylic acids is 1. The van der Waals surface area contributed by atoms with Crippen LogP contribution in [0.25, 0.3) is 10.2 Å². The zero-order valence-corrected chi connectivity index (χ0v) is 13.1. The number of hydrogen-bond donors (Lipinski definition) is 0. The van der Waals surface area contributed by atoms with Gasteiger partial charge >= 0.3 is 5.97 Å². The lowest BCUT2D eigenvalue weighted by Gasteiger charge is -2.12. The second-order valence-corrected chi connectivity index (χ2v) is 7.27. The van der Waals surface area contributed by atoms with E-state index in [1.807, 2.05) is 6.92 Å². The van der Waals surface area contributed by atoms with E-state index in [1.165, 1.54) is 42.2 Å².